The molecule has 0 radical (unpaired) electrons. The number of hydrogen-bond acceptors (Lipinski definition) is 3. The number of carbonyl (C=O) groups excluding carboxylic acids is 1. The van der Waals surface area contributed by atoms with Crippen molar-refractivity contribution in [3.63, 3.8) is 0 Å². The van der Waals surface area contributed by atoms with Crippen molar-refractivity contribution in [2.75, 3.05) is 0 Å². The fraction of sp³-hybridized carbons (Fsp3) is 0. The molecule has 0 unspecified atom stereocenters. The van der Waals surface area contributed by atoms with Gasteiger partial charge in [-0.1, -0.05) is 5.16 Å². The highest BCUT2D eigenvalue weighted by molar-refractivity contribution is 9.10. The van der Waals surface area contributed by atoms with Gasteiger partial charge in [0.15, 0.2) is 23.7 Å². The second-order valence-corrected chi connectivity index (χ2v) is 3.78. The maximum Gasteiger partial charge on any atom is 0.213 e. The summed E-state index contributed by atoms with van der Waals surface area (Å²) in [5, 5.41) is 3.41. The summed E-state index contributed by atoms with van der Waals surface area (Å²) in [5.74, 6) is -4.37. The maximum atomic E-state index is 13.4. The first-order valence-electron chi connectivity index (χ1n) is 4.30. The van der Waals surface area contributed by atoms with Crippen LogP contribution in [0.4, 0.5) is 13.2 Å². The topological polar surface area (TPSA) is 43.1 Å². The quantitative estimate of drug-likeness (QED) is 0.631. The zero-order valence-electron chi connectivity index (χ0n) is 8.01. The molecular weight excluding hydrogens is 303 g/mol. The van der Waals surface area contributed by atoms with Crippen molar-refractivity contribution in [1.82, 2.24) is 5.16 Å². The van der Waals surface area contributed by atoms with Crippen LogP contribution in [-0.4, -0.2) is 11.4 Å². The van der Waals surface area contributed by atoms with Crippen LogP contribution in [0.15, 0.2) is 21.3 Å². The van der Waals surface area contributed by atoms with Crippen LogP contribution in [0.2, 0.25) is 0 Å². The number of aldehydes is 1. The number of rotatable bonds is 2. The van der Waals surface area contributed by atoms with Gasteiger partial charge in [0.25, 0.3) is 0 Å². The zero-order valence-corrected chi connectivity index (χ0v) is 9.59. The molecule has 0 aliphatic rings. The summed E-state index contributed by atoms with van der Waals surface area (Å²) in [5.41, 5.74) is -0.612. The van der Waals surface area contributed by atoms with Crippen LogP contribution >= 0.6 is 15.9 Å². The highest BCUT2D eigenvalue weighted by Crippen LogP contribution is 2.30. The maximum absolute atomic E-state index is 13.4. The summed E-state index contributed by atoms with van der Waals surface area (Å²) in [6.45, 7) is 0. The van der Waals surface area contributed by atoms with Gasteiger partial charge in [-0.15, -0.1) is 0 Å². The molecule has 0 bridgehead atoms. The van der Waals surface area contributed by atoms with E-state index in [0.717, 1.165) is 12.1 Å². The van der Waals surface area contributed by atoms with Crippen LogP contribution in [0.3, 0.4) is 0 Å². The van der Waals surface area contributed by atoms with Gasteiger partial charge in [-0.3, -0.25) is 4.79 Å². The highest BCUT2D eigenvalue weighted by atomic mass is 79.9. The Hall–Kier alpha value is -1.63. The predicted molar refractivity (Wildman–Crippen MR) is 54.9 cm³/mol. The average molecular weight is 306 g/mol. The summed E-state index contributed by atoms with van der Waals surface area (Å²) in [6, 6.07) is 1.72. The Kier molecular flexibility index (Phi) is 3.01. The molecule has 88 valence electrons. The fourth-order valence-corrected chi connectivity index (χ4v) is 1.64. The van der Waals surface area contributed by atoms with E-state index in [1.807, 2.05) is 0 Å². The van der Waals surface area contributed by atoms with Crippen molar-refractivity contribution >= 4 is 22.2 Å². The predicted octanol–water partition coefficient (Wildman–Crippen LogP) is 3.33. The van der Waals surface area contributed by atoms with Gasteiger partial charge in [0.2, 0.25) is 4.67 Å². The molecule has 17 heavy (non-hydrogen) atoms. The van der Waals surface area contributed by atoms with Gasteiger partial charge in [0.1, 0.15) is 5.69 Å². The Labute approximate surface area is 101 Å². The summed E-state index contributed by atoms with van der Waals surface area (Å²) in [6.07, 6.45) is 0.372. The molecule has 3 nitrogen and oxygen atoms in total. The molecule has 0 spiro atoms. The third-order valence-electron chi connectivity index (χ3n) is 2.09. The monoisotopic (exact) mass is 305 g/mol. The lowest BCUT2D eigenvalue weighted by Crippen LogP contribution is -1.95. The largest absolute Gasteiger partial charge is 0.348 e. The van der Waals surface area contributed by atoms with E-state index in [9.17, 15) is 18.0 Å². The lowest BCUT2D eigenvalue weighted by molar-refractivity contribution is 0.112. The Morgan fingerprint density at radius 1 is 1.24 bits per heavy atom. The average Bonchev–Trinajstić information content (AvgIpc) is 2.67. The van der Waals surface area contributed by atoms with Crippen molar-refractivity contribution in [3.8, 4) is 11.3 Å². The minimum absolute atomic E-state index is 0.00775. The van der Waals surface area contributed by atoms with Gasteiger partial charge in [-0.05, 0) is 28.1 Å². The van der Waals surface area contributed by atoms with Crippen molar-refractivity contribution in [2.45, 2.75) is 0 Å². The van der Waals surface area contributed by atoms with Crippen LogP contribution in [-0.2, 0) is 0 Å². The van der Waals surface area contributed by atoms with E-state index in [4.69, 9.17) is 0 Å². The van der Waals surface area contributed by atoms with E-state index >= 15 is 0 Å². The molecule has 0 aliphatic carbocycles. The molecule has 0 N–H and O–H groups in total. The molecule has 2 aromatic rings. The summed E-state index contributed by atoms with van der Waals surface area (Å²) >= 11 is 2.88. The van der Waals surface area contributed by atoms with Crippen LogP contribution in [0, 0.1) is 17.5 Å². The lowest BCUT2D eigenvalue weighted by atomic mass is 10.1. The number of aromatic nitrogens is 1. The van der Waals surface area contributed by atoms with E-state index in [2.05, 4.69) is 25.6 Å². The van der Waals surface area contributed by atoms with Crippen molar-refractivity contribution < 1.29 is 22.5 Å². The minimum atomic E-state index is -1.63. The van der Waals surface area contributed by atoms with Crippen LogP contribution in [0.1, 0.15) is 10.4 Å². The van der Waals surface area contributed by atoms with E-state index in [1.54, 1.807) is 0 Å². The van der Waals surface area contributed by atoms with Crippen LogP contribution in [0.25, 0.3) is 11.3 Å². The number of hydrogen-bond donors (Lipinski definition) is 0. The fourth-order valence-electron chi connectivity index (χ4n) is 1.28. The van der Waals surface area contributed by atoms with Crippen LogP contribution < -0.4 is 0 Å². The standard InChI is InChI=1S/C10H3BrF3NO2/c11-10-5(3-16)9(15-17-10)4-1-2-6(12)8(14)7(4)13/h1-3H. The molecular formula is C10H3BrF3NO2. The highest BCUT2D eigenvalue weighted by Gasteiger charge is 2.21. The molecule has 7 heteroatoms. The second kappa shape index (κ2) is 4.33. The third kappa shape index (κ3) is 1.86. The molecule has 0 fully saturated rings. The number of halogens is 4. The molecule has 1 aromatic heterocycles. The molecule has 0 aliphatic heterocycles. The van der Waals surface area contributed by atoms with E-state index in [0.29, 0.717) is 6.29 Å². The first-order valence-corrected chi connectivity index (χ1v) is 5.09. The number of carbonyl (C=O) groups is 1. The lowest BCUT2D eigenvalue weighted by Gasteiger charge is -2.01. The van der Waals surface area contributed by atoms with E-state index in [-0.39, 0.29) is 21.5 Å². The second-order valence-electron chi connectivity index (χ2n) is 3.06. The SMILES string of the molecule is O=Cc1c(-c2ccc(F)c(F)c2F)noc1Br. The van der Waals surface area contributed by atoms with Crippen LogP contribution in [0.5, 0.6) is 0 Å². The molecule has 0 amide bonds. The van der Waals surface area contributed by atoms with Gasteiger partial charge < -0.3 is 4.52 Å². The normalized spacial score (nSPS) is 10.6. The third-order valence-corrected chi connectivity index (χ3v) is 2.66. The summed E-state index contributed by atoms with van der Waals surface area (Å²) < 4.78 is 43.8. The Balaban J connectivity index is 2.69. The Bertz CT molecular complexity index is 597. The minimum Gasteiger partial charge on any atom is -0.348 e. The molecule has 0 saturated heterocycles. The molecule has 0 saturated carbocycles. The first-order chi connectivity index (χ1) is 8.06. The van der Waals surface area contributed by atoms with E-state index in [1.165, 1.54) is 0 Å². The van der Waals surface area contributed by atoms with Gasteiger partial charge in [-0.25, -0.2) is 13.2 Å². The number of nitrogens with zero attached hydrogens (tertiary/aromatic N) is 1. The molecule has 0 atom stereocenters. The van der Waals surface area contributed by atoms with Crippen molar-refractivity contribution in [1.29, 1.82) is 0 Å². The van der Waals surface area contributed by atoms with Gasteiger partial charge in [-0.2, -0.15) is 0 Å². The first kappa shape index (κ1) is 11.8. The van der Waals surface area contributed by atoms with Gasteiger partial charge in [0.05, 0.1) is 5.56 Å². The summed E-state index contributed by atoms with van der Waals surface area (Å²) in [4.78, 5) is 10.7. The van der Waals surface area contributed by atoms with Gasteiger partial charge in [0, 0.05) is 5.56 Å². The molecule has 2 rings (SSSR count). The summed E-state index contributed by atoms with van der Waals surface area (Å²) in [7, 11) is 0. The Morgan fingerprint density at radius 3 is 2.59 bits per heavy atom. The molecule has 1 aromatic carbocycles. The van der Waals surface area contributed by atoms with Crippen molar-refractivity contribution in [2.24, 2.45) is 0 Å². The number of benzene rings is 1. The Morgan fingerprint density at radius 2 is 1.94 bits per heavy atom. The van der Waals surface area contributed by atoms with Gasteiger partial charge >= 0.3 is 0 Å². The zero-order chi connectivity index (χ0) is 12.6. The molecule has 1 heterocycles. The van der Waals surface area contributed by atoms with E-state index < -0.39 is 17.5 Å². The smallest absolute Gasteiger partial charge is 0.213 e. The van der Waals surface area contributed by atoms with Crippen molar-refractivity contribution in [3.05, 3.63) is 39.8 Å².